The van der Waals surface area contributed by atoms with Gasteiger partial charge in [-0.2, -0.15) is 5.10 Å². The summed E-state index contributed by atoms with van der Waals surface area (Å²) in [6.45, 7) is 5.67. The third-order valence-electron chi connectivity index (χ3n) is 4.26. The molecule has 0 bridgehead atoms. The first kappa shape index (κ1) is 17.4. The maximum absolute atomic E-state index is 13.5. The zero-order valence-corrected chi connectivity index (χ0v) is 14.3. The van der Waals surface area contributed by atoms with Crippen molar-refractivity contribution in [2.45, 2.75) is 27.0 Å². The van der Waals surface area contributed by atoms with Crippen LogP contribution in [0.4, 0.5) is 8.78 Å². The molecule has 2 atom stereocenters. The number of carbonyl (C=O) groups excluding carboxylic acids is 1. The molecule has 25 heavy (non-hydrogen) atoms. The second-order valence-corrected chi connectivity index (χ2v) is 6.74. The highest BCUT2D eigenvalue weighted by molar-refractivity contribution is 5.92. The molecule has 0 aliphatic carbocycles. The van der Waals surface area contributed by atoms with Crippen molar-refractivity contribution < 1.29 is 18.3 Å². The number of rotatable bonds is 4. The second-order valence-electron chi connectivity index (χ2n) is 6.74. The van der Waals surface area contributed by atoms with E-state index in [1.807, 2.05) is 4.90 Å². The highest BCUT2D eigenvalue weighted by Gasteiger charge is 2.27. The Labute approximate surface area is 145 Å². The van der Waals surface area contributed by atoms with E-state index in [2.05, 4.69) is 18.9 Å². The summed E-state index contributed by atoms with van der Waals surface area (Å²) in [5.74, 6) is -0.672. The van der Waals surface area contributed by atoms with Gasteiger partial charge in [-0.1, -0.05) is 13.8 Å². The van der Waals surface area contributed by atoms with Crippen LogP contribution in [0.3, 0.4) is 0 Å². The van der Waals surface area contributed by atoms with Gasteiger partial charge in [0.2, 0.25) is 0 Å². The van der Waals surface area contributed by atoms with E-state index in [9.17, 15) is 13.6 Å². The fourth-order valence-corrected chi connectivity index (χ4v) is 3.27. The number of nitrogens with zero attached hydrogens (tertiary/aromatic N) is 3. The molecule has 1 fully saturated rings. The monoisotopic (exact) mass is 349 g/mol. The average molecular weight is 349 g/mol. The van der Waals surface area contributed by atoms with Crippen molar-refractivity contribution in [3.05, 3.63) is 47.8 Å². The lowest BCUT2D eigenvalue weighted by molar-refractivity contribution is 0.0615. The van der Waals surface area contributed by atoms with Crippen LogP contribution < -0.4 is 4.74 Å². The van der Waals surface area contributed by atoms with Crippen LogP contribution in [-0.2, 0) is 6.73 Å². The van der Waals surface area contributed by atoms with E-state index in [1.54, 1.807) is 12.3 Å². The zero-order valence-electron chi connectivity index (χ0n) is 14.3. The van der Waals surface area contributed by atoms with E-state index in [0.717, 1.165) is 31.6 Å². The van der Waals surface area contributed by atoms with Gasteiger partial charge >= 0.3 is 0 Å². The number of aromatic nitrogens is 2. The molecule has 2 heterocycles. The fraction of sp³-hybridized carbons (Fsp3) is 0.444. The highest BCUT2D eigenvalue weighted by Crippen LogP contribution is 2.22. The minimum atomic E-state index is -0.778. The van der Waals surface area contributed by atoms with Crippen molar-refractivity contribution in [3.63, 3.8) is 0 Å². The molecule has 0 radical (unpaired) electrons. The van der Waals surface area contributed by atoms with E-state index in [-0.39, 0.29) is 18.4 Å². The lowest BCUT2D eigenvalue weighted by Gasteiger charge is -2.34. The van der Waals surface area contributed by atoms with Crippen LogP contribution >= 0.6 is 0 Å². The number of hydrogen-bond donors (Lipinski definition) is 0. The van der Waals surface area contributed by atoms with Crippen LogP contribution in [0, 0.1) is 23.5 Å². The predicted molar refractivity (Wildman–Crippen MR) is 88.1 cm³/mol. The van der Waals surface area contributed by atoms with E-state index in [1.165, 1.54) is 10.7 Å². The highest BCUT2D eigenvalue weighted by atomic mass is 19.1. The number of halogens is 2. The van der Waals surface area contributed by atoms with E-state index < -0.39 is 11.6 Å². The van der Waals surface area contributed by atoms with Gasteiger partial charge in [0, 0.05) is 25.4 Å². The summed E-state index contributed by atoms with van der Waals surface area (Å²) >= 11 is 0. The second kappa shape index (κ2) is 7.21. The largest absolute Gasteiger partial charge is 0.468 e. The van der Waals surface area contributed by atoms with Crippen LogP contribution in [0.1, 0.15) is 30.8 Å². The molecular weight excluding hydrogens is 328 g/mol. The Balaban J connectivity index is 1.63. The van der Waals surface area contributed by atoms with Crippen molar-refractivity contribution in [1.29, 1.82) is 0 Å². The summed E-state index contributed by atoms with van der Waals surface area (Å²) in [7, 11) is 0. The number of benzene rings is 1. The van der Waals surface area contributed by atoms with E-state index in [0.29, 0.717) is 17.5 Å². The van der Waals surface area contributed by atoms with Gasteiger partial charge in [0.25, 0.3) is 5.91 Å². The molecule has 1 saturated heterocycles. The molecule has 0 spiro atoms. The topological polar surface area (TPSA) is 47.4 Å². The van der Waals surface area contributed by atoms with Crippen LogP contribution in [0.25, 0.3) is 0 Å². The number of carbonyl (C=O) groups is 1. The van der Waals surface area contributed by atoms with Crippen LogP contribution in [0.5, 0.6) is 5.75 Å². The smallest absolute Gasteiger partial charge is 0.274 e. The predicted octanol–water partition coefficient (Wildman–Crippen LogP) is 3.32. The maximum Gasteiger partial charge on any atom is 0.274 e. The van der Waals surface area contributed by atoms with Crippen molar-refractivity contribution in [2.24, 2.45) is 11.8 Å². The maximum atomic E-state index is 13.5. The molecule has 1 aromatic heterocycles. The lowest BCUT2D eigenvalue weighted by atomic mass is 9.92. The first-order valence-corrected chi connectivity index (χ1v) is 8.33. The average Bonchev–Trinajstić information content (AvgIpc) is 3.01. The lowest BCUT2D eigenvalue weighted by Crippen LogP contribution is -2.42. The third kappa shape index (κ3) is 4.15. The molecule has 1 aromatic carbocycles. The molecule has 0 saturated carbocycles. The number of ether oxygens (including phenoxy) is 1. The Morgan fingerprint density at radius 1 is 1.24 bits per heavy atom. The molecule has 134 valence electrons. The molecule has 5 nitrogen and oxygen atoms in total. The number of amides is 1. The van der Waals surface area contributed by atoms with Gasteiger partial charge in [0.1, 0.15) is 5.82 Å². The van der Waals surface area contributed by atoms with Gasteiger partial charge in [-0.25, -0.2) is 13.5 Å². The first-order valence-electron chi connectivity index (χ1n) is 8.33. The molecular formula is C18H21F2N3O2. The van der Waals surface area contributed by atoms with Crippen LogP contribution in [0.2, 0.25) is 0 Å². The van der Waals surface area contributed by atoms with E-state index >= 15 is 0 Å². The molecule has 3 rings (SSSR count). The number of hydrogen-bond acceptors (Lipinski definition) is 3. The molecule has 1 amide bonds. The normalized spacial score (nSPS) is 20.6. The molecule has 0 N–H and O–H groups in total. The van der Waals surface area contributed by atoms with Gasteiger partial charge in [0.05, 0.1) is 0 Å². The zero-order chi connectivity index (χ0) is 18.0. The van der Waals surface area contributed by atoms with Gasteiger partial charge in [0.15, 0.2) is 24.0 Å². The van der Waals surface area contributed by atoms with Gasteiger partial charge in [-0.15, -0.1) is 0 Å². The summed E-state index contributed by atoms with van der Waals surface area (Å²) in [5.41, 5.74) is 0.337. The SMILES string of the molecule is C[C@@H]1C[C@@H](C)CN(C(=O)c2ccn(COc3ccc(F)cc3F)n2)C1. The van der Waals surface area contributed by atoms with Crippen LogP contribution in [0.15, 0.2) is 30.5 Å². The van der Waals surface area contributed by atoms with Crippen LogP contribution in [-0.4, -0.2) is 33.7 Å². The minimum absolute atomic E-state index is 0.0662. The third-order valence-corrected chi connectivity index (χ3v) is 4.26. The van der Waals surface area contributed by atoms with Crippen molar-refractivity contribution in [3.8, 4) is 5.75 Å². The standard InChI is InChI=1S/C18H21F2N3O2/c1-12-7-13(2)10-22(9-12)18(24)16-5-6-23(21-16)11-25-17-4-3-14(19)8-15(17)20/h3-6,8,12-13H,7,9-11H2,1-2H3/t12-,13-/m1/s1. The summed E-state index contributed by atoms with van der Waals surface area (Å²) in [6, 6.07) is 4.72. The van der Waals surface area contributed by atoms with Crippen molar-refractivity contribution >= 4 is 5.91 Å². The molecule has 0 unspecified atom stereocenters. The number of piperidine rings is 1. The molecule has 2 aromatic rings. The van der Waals surface area contributed by atoms with Gasteiger partial charge in [-0.3, -0.25) is 4.79 Å². The fourth-order valence-electron chi connectivity index (χ4n) is 3.27. The summed E-state index contributed by atoms with van der Waals surface area (Å²) < 4.78 is 33.1. The van der Waals surface area contributed by atoms with Crippen molar-refractivity contribution in [2.75, 3.05) is 13.1 Å². The van der Waals surface area contributed by atoms with Gasteiger partial charge < -0.3 is 9.64 Å². The van der Waals surface area contributed by atoms with Gasteiger partial charge in [-0.05, 0) is 36.5 Å². The summed E-state index contributed by atoms with van der Waals surface area (Å²) in [5, 5.41) is 4.20. The number of likely N-dealkylation sites (tertiary alicyclic amines) is 1. The minimum Gasteiger partial charge on any atom is -0.468 e. The summed E-state index contributed by atoms with van der Waals surface area (Å²) in [4.78, 5) is 14.4. The molecule has 7 heteroatoms. The quantitative estimate of drug-likeness (QED) is 0.851. The summed E-state index contributed by atoms with van der Waals surface area (Å²) in [6.07, 6.45) is 2.72. The Morgan fingerprint density at radius 2 is 1.96 bits per heavy atom. The first-order chi connectivity index (χ1) is 11.9. The van der Waals surface area contributed by atoms with E-state index in [4.69, 9.17) is 4.74 Å². The Bertz CT molecular complexity index is 753. The molecule has 1 aliphatic rings. The Morgan fingerprint density at radius 3 is 2.64 bits per heavy atom. The Hall–Kier alpha value is -2.44. The Kier molecular flexibility index (Phi) is 5.01. The molecule has 1 aliphatic heterocycles. The van der Waals surface area contributed by atoms with Crippen molar-refractivity contribution in [1.82, 2.24) is 14.7 Å².